The van der Waals surface area contributed by atoms with Crippen molar-refractivity contribution in [1.82, 2.24) is 4.90 Å². The van der Waals surface area contributed by atoms with Gasteiger partial charge in [0.2, 0.25) is 5.91 Å². The summed E-state index contributed by atoms with van der Waals surface area (Å²) in [5.74, 6) is -0.200. The van der Waals surface area contributed by atoms with E-state index in [4.69, 9.17) is 9.47 Å². The summed E-state index contributed by atoms with van der Waals surface area (Å²) in [6, 6.07) is 0. The maximum Gasteiger partial charge on any atom is 0.310 e. The first-order chi connectivity index (χ1) is 9.70. The molecule has 2 aliphatic rings. The van der Waals surface area contributed by atoms with Gasteiger partial charge in [-0.3, -0.25) is 9.59 Å². The second-order valence-corrected chi connectivity index (χ2v) is 5.73. The Morgan fingerprint density at radius 3 is 2.80 bits per heavy atom. The first-order valence-electron chi connectivity index (χ1n) is 7.68. The van der Waals surface area contributed by atoms with E-state index in [0.717, 1.165) is 45.3 Å². The Hall–Kier alpha value is -1.10. The topological polar surface area (TPSA) is 55.8 Å². The van der Waals surface area contributed by atoms with Gasteiger partial charge in [0.15, 0.2) is 0 Å². The van der Waals surface area contributed by atoms with Gasteiger partial charge in [-0.2, -0.15) is 0 Å². The van der Waals surface area contributed by atoms with Gasteiger partial charge in [-0.25, -0.2) is 0 Å². The van der Waals surface area contributed by atoms with Gasteiger partial charge in [0, 0.05) is 26.1 Å². The van der Waals surface area contributed by atoms with Crippen molar-refractivity contribution < 1.29 is 19.1 Å². The average Bonchev–Trinajstić information content (AvgIpc) is 2.53. The maximum absolute atomic E-state index is 12.2. The minimum atomic E-state index is -0.196. The number of likely N-dealkylation sites (tertiary alicyclic amines) is 1. The number of carbonyl (C=O) groups excluding carboxylic acids is 2. The highest BCUT2D eigenvalue weighted by Gasteiger charge is 2.29. The van der Waals surface area contributed by atoms with Gasteiger partial charge >= 0.3 is 5.97 Å². The number of hydrogen-bond donors (Lipinski definition) is 0. The van der Waals surface area contributed by atoms with Gasteiger partial charge in [0.1, 0.15) is 0 Å². The van der Waals surface area contributed by atoms with Crippen LogP contribution in [0.15, 0.2) is 0 Å². The van der Waals surface area contributed by atoms with Crippen LogP contribution in [-0.4, -0.2) is 49.7 Å². The number of esters is 1. The first kappa shape index (κ1) is 15.3. The van der Waals surface area contributed by atoms with E-state index in [1.807, 2.05) is 4.90 Å². The lowest BCUT2D eigenvalue weighted by molar-refractivity contribution is -0.149. The molecule has 0 N–H and O–H groups in total. The van der Waals surface area contributed by atoms with Crippen LogP contribution in [0.3, 0.4) is 0 Å². The summed E-state index contributed by atoms with van der Waals surface area (Å²) in [6.45, 7) is 2.10. The van der Waals surface area contributed by atoms with Crippen molar-refractivity contribution in [3.8, 4) is 0 Å². The van der Waals surface area contributed by atoms with E-state index in [-0.39, 0.29) is 23.9 Å². The molecule has 0 radical (unpaired) electrons. The molecule has 0 aliphatic carbocycles. The summed E-state index contributed by atoms with van der Waals surface area (Å²) in [5, 5.41) is 0. The molecule has 1 amide bonds. The average molecular weight is 283 g/mol. The second-order valence-electron chi connectivity index (χ2n) is 5.73. The second kappa shape index (κ2) is 7.62. The molecular formula is C15H25NO4. The molecule has 0 bridgehead atoms. The number of amides is 1. The van der Waals surface area contributed by atoms with Crippen LogP contribution in [0, 0.1) is 5.92 Å². The summed E-state index contributed by atoms with van der Waals surface area (Å²) in [7, 11) is 1.41. The minimum absolute atomic E-state index is 0.146. The summed E-state index contributed by atoms with van der Waals surface area (Å²) in [4.78, 5) is 25.6. The molecule has 2 atom stereocenters. The predicted octanol–water partition coefficient (Wildman–Crippen LogP) is 1.75. The van der Waals surface area contributed by atoms with Crippen molar-refractivity contribution in [3.63, 3.8) is 0 Å². The zero-order valence-corrected chi connectivity index (χ0v) is 12.3. The van der Waals surface area contributed by atoms with E-state index in [1.165, 1.54) is 13.5 Å². The lowest BCUT2D eigenvalue weighted by Crippen LogP contribution is -2.42. The van der Waals surface area contributed by atoms with Crippen molar-refractivity contribution in [2.75, 3.05) is 26.8 Å². The van der Waals surface area contributed by atoms with Gasteiger partial charge in [0.05, 0.1) is 19.1 Å². The van der Waals surface area contributed by atoms with Crippen molar-refractivity contribution in [2.45, 2.75) is 51.0 Å². The standard InChI is InChI=1S/C15H25NO4/c1-19-15(18)12-5-4-9-16(11-12)14(17)8-7-13-6-2-3-10-20-13/h12-13H,2-11H2,1H3/t12-,13?/m0/s1. The third-order valence-electron chi connectivity index (χ3n) is 4.26. The van der Waals surface area contributed by atoms with Gasteiger partial charge in [-0.1, -0.05) is 0 Å². The fourth-order valence-electron chi connectivity index (χ4n) is 3.04. The summed E-state index contributed by atoms with van der Waals surface area (Å²) in [5.41, 5.74) is 0. The molecule has 0 spiro atoms. The lowest BCUT2D eigenvalue weighted by atomic mass is 9.97. The largest absolute Gasteiger partial charge is 0.469 e. The molecule has 5 heteroatoms. The third kappa shape index (κ3) is 4.20. The molecule has 0 saturated carbocycles. The van der Waals surface area contributed by atoms with Crippen LogP contribution in [-0.2, 0) is 19.1 Å². The molecule has 114 valence electrons. The Labute approximate surface area is 120 Å². The first-order valence-corrected chi connectivity index (χ1v) is 7.68. The molecule has 0 aromatic rings. The van der Waals surface area contributed by atoms with Crippen LogP contribution in [0.25, 0.3) is 0 Å². The van der Waals surface area contributed by atoms with Crippen molar-refractivity contribution in [2.24, 2.45) is 5.92 Å². The van der Waals surface area contributed by atoms with Gasteiger partial charge in [-0.05, 0) is 38.5 Å². The molecule has 2 aliphatic heterocycles. The molecule has 2 saturated heterocycles. The van der Waals surface area contributed by atoms with Gasteiger partial charge in [0.25, 0.3) is 0 Å². The molecule has 20 heavy (non-hydrogen) atoms. The Bertz CT molecular complexity index is 339. The maximum atomic E-state index is 12.2. The Morgan fingerprint density at radius 1 is 1.25 bits per heavy atom. The van der Waals surface area contributed by atoms with Crippen molar-refractivity contribution >= 4 is 11.9 Å². The molecule has 1 unspecified atom stereocenters. The SMILES string of the molecule is COC(=O)[C@H]1CCCN(C(=O)CCC2CCCCO2)C1. The third-order valence-corrected chi connectivity index (χ3v) is 4.26. The number of hydrogen-bond acceptors (Lipinski definition) is 4. The van der Waals surface area contributed by atoms with Gasteiger partial charge < -0.3 is 14.4 Å². The quantitative estimate of drug-likeness (QED) is 0.738. The number of carbonyl (C=O) groups is 2. The fourth-order valence-corrected chi connectivity index (χ4v) is 3.04. The van der Waals surface area contributed by atoms with Crippen LogP contribution in [0.2, 0.25) is 0 Å². The van der Waals surface area contributed by atoms with Crippen molar-refractivity contribution in [3.05, 3.63) is 0 Å². The van der Waals surface area contributed by atoms with E-state index < -0.39 is 0 Å². The smallest absolute Gasteiger partial charge is 0.310 e. The fraction of sp³-hybridized carbons (Fsp3) is 0.867. The summed E-state index contributed by atoms with van der Waals surface area (Å²) in [6.07, 6.45) is 6.68. The van der Waals surface area contributed by atoms with E-state index in [1.54, 1.807) is 0 Å². The number of ether oxygens (including phenoxy) is 2. The van der Waals surface area contributed by atoms with Crippen LogP contribution in [0.5, 0.6) is 0 Å². The summed E-state index contributed by atoms with van der Waals surface area (Å²) < 4.78 is 10.4. The van der Waals surface area contributed by atoms with Crippen LogP contribution in [0.4, 0.5) is 0 Å². The van der Waals surface area contributed by atoms with E-state index >= 15 is 0 Å². The lowest BCUT2D eigenvalue weighted by Gasteiger charge is -2.32. The molecule has 2 rings (SSSR count). The summed E-state index contributed by atoms with van der Waals surface area (Å²) >= 11 is 0. The highest BCUT2D eigenvalue weighted by atomic mass is 16.5. The minimum Gasteiger partial charge on any atom is -0.469 e. The molecule has 2 heterocycles. The number of rotatable bonds is 4. The van der Waals surface area contributed by atoms with Crippen LogP contribution < -0.4 is 0 Å². The normalized spacial score (nSPS) is 27.1. The number of nitrogens with zero attached hydrogens (tertiary/aromatic N) is 1. The monoisotopic (exact) mass is 283 g/mol. The van der Waals surface area contributed by atoms with E-state index in [2.05, 4.69) is 0 Å². The number of methoxy groups -OCH3 is 1. The highest BCUT2D eigenvalue weighted by Crippen LogP contribution is 2.21. The zero-order chi connectivity index (χ0) is 14.4. The molecular weight excluding hydrogens is 258 g/mol. The Balaban J connectivity index is 1.75. The predicted molar refractivity (Wildman–Crippen MR) is 74.1 cm³/mol. The van der Waals surface area contributed by atoms with E-state index in [0.29, 0.717) is 13.0 Å². The van der Waals surface area contributed by atoms with E-state index in [9.17, 15) is 9.59 Å². The molecule has 5 nitrogen and oxygen atoms in total. The zero-order valence-electron chi connectivity index (χ0n) is 12.3. The van der Waals surface area contributed by atoms with Crippen molar-refractivity contribution in [1.29, 1.82) is 0 Å². The Morgan fingerprint density at radius 2 is 2.10 bits per heavy atom. The highest BCUT2D eigenvalue weighted by molar-refractivity contribution is 5.78. The van der Waals surface area contributed by atoms with Crippen LogP contribution in [0.1, 0.15) is 44.9 Å². The number of piperidine rings is 1. The molecule has 0 aromatic carbocycles. The molecule has 0 aromatic heterocycles. The Kier molecular flexibility index (Phi) is 5.83. The molecule has 2 fully saturated rings. The van der Waals surface area contributed by atoms with Gasteiger partial charge in [-0.15, -0.1) is 0 Å². The van der Waals surface area contributed by atoms with Crippen LogP contribution >= 0.6 is 0 Å².